The minimum Gasteiger partial charge on any atom is -0.406 e. The Labute approximate surface area is 215 Å². The molecule has 0 aliphatic heterocycles. The molecule has 0 saturated carbocycles. The zero-order chi connectivity index (χ0) is 24.5. The minimum absolute atomic E-state index is 0.0470. The van der Waals surface area contributed by atoms with Crippen LogP contribution in [0.5, 0.6) is 0 Å². The summed E-state index contributed by atoms with van der Waals surface area (Å²) in [4.78, 5) is 11.9. The molecule has 0 fully saturated rings. The number of thiophene rings is 2. The first kappa shape index (κ1) is 23.9. The Hall–Kier alpha value is -2.77. The number of benzene rings is 2. The van der Waals surface area contributed by atoms with Crippen molar-refractivity contribution in [1.29, 1.82) is 0 Å². The average Bonchev–Trinajstić information content (AvgIpc) is 3.55. The van der Waals surface area contributed by atoms with Crippen LogP contribution in [0, 0.1) is 0 Å². The van der Waals surface area contributed by atoms with Crippen LogP contribution in [0.1, 0.15) is 25.6 Å². The van der Waals surface area contributed by atoms with Crippen molar-refractivity contribution in [3.63, 3.8) is 0 Å². The van der Waals surface area contributed by atoms with Gasteiger partial charge in [-0.05, 0) is 45.1 Å². The van der Waals surface area contributed by atoms with E-state index < -0.39 is 8.32 Å². The lowest BCUT2D eigenvalue weighted by molar-refractivity contribution is -0.104. The van der Waals surface area contributed by atoms with Gasteiger partial charge in [0.1, 0.15) is 6.29 Å². The van der Waals surface area contributed by atoms with Gasteiger partial charge in [0.2, 0.25) is 0 Å². The molecule has 5 rings (SSSR count). The van der Waals surface area contributed by atoms with Crippen LogP contribution in [0.2, 0.25) is 5.04 Å². The van der Waals surface area contributed by atoms with E-state index in [4.69, 9.17) is 4.43 Å². The predicted molar refractivity (Wildman–Crippen MR) is 154 cm³/mol. The molecule has 0 N–H and O–H groups in total. The summed E-state index contributed by atoms with van der Waals surface area (Å²) in [5.41, 5.74) is 2.47. The number of carbonyl (C=O) groups is 1. The lowest BCUT2D eigenvalue weighted by atomic mass is 10.2. The summed E-state index contributed by atoms with van der Waals surface area (Å²) in [5.74, 6) is 0. The number of aromatic nitrogens is 1. The zero-order valence-electron chi connectivity index (χ0n) is 20.2. The first-order valence-corrected chi connectivity index (χ1v) is 15.4. The van der Waals surface area contributed by atoms with Crippen molar-refractivity contribution in [2.75, 3.05) is 6.61 Å². The Bertz CT molecular complexity index is 1430. The summed E-state index contributed by atoms with van der Waals surface area (Å²) in [6.45, 7) is 8.34. The SMILES string of the molecule is CC(C)(C)[Si](OCCn1c2ccsc2c2sc(/C=C/C=O)cc21)(c1ccccc1)c1ccccc1. The second kappa shape index (κ2) is 9.70. The Balaban J connectivity index is 1.54. The van der Waals surface area contributed by atoms with Crippen molar-refractivity contribution in [1.82, 2.24) is 4.57 Å². The smallest absolute Gasteiger partial charge is 0.261 e. The third-order valence-corrected chi connectivity index (χ3v) is 13.8. The first-order valence-electron chi connectivity index (χ1n) is 11.8. The molecule has 178 valence electrons. The van der Waals surface area contributed by atoms with Crippen LogP contribution >= 0.6 is 22.7 Å². The number of rotatable bonds is 8. The fourth-order valence-corrected chi connectivity index (χ4v) is 11.8. The molecule has 3 aromatic heterocycles. The lowest BCUT2D eigenvalue weighted by Gasteiger charge is -2.43. The zero-order valence-corrected chi connectivity index (χ0v) is 22.9. The fraction of sp³-hybridized carbons (Fsp3) is 0.207. The van der Waals surface area contributed by atoms with E-state index in [-0.39, 0.29) is 5.04 Å². The number of nitrogens with zero attached hydrogens (tertiary/aromatic N) is 1. The molecule has 0 saturated heterocycles. The molecule has 0 bridgehead atoms. The van der Waals surface area contributed by atoms with Gasteiger partial charge in [0.05, 0.1) is 27.0 Å². The summed E-state index contributed by atoms with van der Waals surface area (Å²) >= 11 is 3.52. The minimum atomic E-state index is -2.57. The van der Waals surface area contributed by atoms with Crippen molar-refractivity contribution in [2.45, 2.75) is 32.4 Å². The van der Waals surface area contributed by atoms with Gasteiger partial charge < -0.3 is 8.99 Å². The van der Waals surface area contributed by atoms with Crippen LogP contribution < -0.4 is 10.4 Å². The number of carbonyl (C=O) groups excluding carboxylic acids is 1. The Morgan fingerprint density at radius 1 is 0.914 bits per heavy atom. The van der Waals surface area contributed by atoms with Crippen LogP contribution in [-0.2, 0) is 15.8 Å². The predicted octanol–water partition coefficient (Wildman–Crippen LogP) is 6.71. The maximum atomic E-state index is 10.8. The quantitative estimate of drug-likeness (QED) is 0.131. The van der Waals surface area contributed by atoms with Crippen LogP contribution in [0.25, 0.3) is 26.5 Å². The van der Waals surface area contributed by atoms with E-state index in [1.165, 1.54) is 30.8 Å². The largest absolute Gasteiger partial charge is 0.406 e. The molecule has 0 spiro atoms. The van der Waals surface area contributed by atoms with Gasteiger partial charge in [-0.3, -0.25) is 4.79 Å². The summed E-state index contributed by atoms with van der Waals surface area (Å²) in [5, 5.41) is 4.71. The van der Waals surface area contributed by atoms with Crippen LogP contribution in [0.15, 0.2) is 84.3 Å². The van der Waals surface area contributed by atoms with E-state index in [0.29, 0.717) is 6.61 Å². The second-order valence-electron chi connectivity index (χ2n) is 9.66. The van der Waals surface area contributed by atoms with Crippen molar-refractivity contribution in [3.05, 3.63) is 89.1 Å². The number of fused-ring (bicyclic) bond motifs is 3. The summed E-state index contributed by atoms with van der Waals surface area (Å²) < 4.78 is 12.1. The molecule has 3 nitrogen and oxygen atoms in total. The monoisotopic (exact) mass is 515 g/mol. The van der Waals surface area contributed by atoms with Gasteiger partial charge in [0.25, 0.3) is 8.32 Å². The highest BCUT2D eigenvalue weighted by molar-refractivity contribution is 7.27. The third-order valence-electron chi connectivity index (χ3n) is 6.55. The van der Waals surface area contributed by atoms with Gasteiger partial charge >= 0.3 is 0 Å². The molecule has 5 aromatic rings. The highest BCUT2D eigenvalue weighted by Crippen LogP contribution is 2.40. The Morgan fingerprint density at radius 3 is 2.17 bits per heavy atom. The molecule has 6 heteroatoms. The second-order valence-corrected chi connectivity index (χ2v) is 16.0. The van der Waals surface area contributed by atoms with Crippen LogP contribution in [0.4, 0.5) is 0 Å². The Kier molecular flexibility index (Phi) is 6.64. The average molecular weight is 516 g/mol. The van der Waals surface area contributed by atoms with Crippen LogP contribution in [0.3, 0.4) is 0 Å². The molecule has 3 heterocycles. The first-order chi connectivity index (χ1) is 17.0. The maximum absolute atomic E-state index is 10.8. The fourth-order valence-electron chi connectivity index (χ4n) is 5.09. The third kappa shape index (κ3) is 4.25. The standard InChI is InChI=1S/C29H29NO2S2Si/c1-29(2,3)35(23-12-6-4-7-13-23,24-14-8-5-9-15-24)32-19-17-30-25-16-20-33-27(25)28-26(30)21-22(34-28)11-10-18-31/h4-16,18,20-21H,17,19H2,1-3H3/b11-10+. The van der Waals surface area contributed by atoms with Crippen LogP contribution in [-0.4, -0.2) is 25.8 Å². The van der Waals surface area contributed by atoms with Gasteiger partial charge in [-0.1, -0.05) is 81.4 Å². The number of allylic oxidation sites excluding steroid dienone is 1. The van der Waals surface area contributed by atoms with E-state index in [2.05, 4.69) is 104 Å². The molecule has 0 aliphatic carbocycles. The van der Waals surface area contributed by atoms with Crippen molar-refractivity contribution < 1.29 is 9.22 Å². The molecule has 35 heavy (non-hydrogen) atoms. The summed E-state index contributed by atoms with van der Waals surface area (Å²) in [6, 6.07) is 26.0. The number of hydrogen-bond acceptors (Lipinski definition) is 4. The van der Waals surface area contributed by atoms with Gasteiger partial charge in [0, 0.05) is 11.4 Å². The van der Waals surface area contributed by atoms with E-state index >= 15 is 0 Å². The van der Waals surface area contributed by atoms with E-state index in [9.17, 15) is 4.79 Å². The summed E-state index contributed by atoms with van der Waals surface area (Å²) in [6.07, 6.45) is 4.28. The highest BCUT2D eigenvalue weighted by Gasteiger charge is 2.50. The van der Waals surface area contributed by atoms with Crippen molar-refractivity contribution >= 4 is 74.2 Å². The van der Waals surface area contributed by atoms with Crippen molar-refractivity contribution in [3.8, 4) is 0 Å². The van der Waals surface area contributed by atoms with E-state index in [0.717, 1.165) is 17.7 Å². The van der Waals surface area contributed by atoms with E-state index in [1.54, 1.807) is 28.7 Å². The van der Waals surface area contributed by atoms with Crippen molar-refractivity contribution in [2.24, 2.45) is 0 Å². The lowest BCUT2D eigenvalue weighted by Crippen LogP contribution is -2.66. The molecule has 0 aliphatic rings. The molecule has 0 atom stereocenters. The highest BCUT2D eigenvalue weighted by atomic mass is 32.1. The van der Waals surface area contributed by atoms with Gasteiger partial charge in [0.15, 0.2) is 0 Å². The van der Waals surface area contributed by atoms with Gasteiger partial charge in [-0.2, -0.15) is 0 Å². The maximum Gasteiger partial charge on any atom is 0.261 e. The topological polar surface area (TPSA) is 31.2 Å². The molecule has 0 amide bonds. The molecule has 2 aromatic carbocycles. The Morgan fingerprint density at radius 2 is 1.57 bits per heavy atom. The molecule has 0 unspecified atom stereocenters. The molecular formula is C29H29NO2S2Si. The van der Waals surface area contributed by atoms with Gasteiger partial charge in [-0.25, -0.2) is 0 Å². The molecular weight excluding hydrogens is 487 g/mol. The normalized spacial score (nSPS) is 12.8. The summed E-state index contributed by atoms with van der Waals surface area (Å²) in [7, 11) is -2.57. The molecule has 0 radical (unpaired) electrons. The van der Waals surface area contributed by atoms with Gasteiger partial charge in [-0.15, -0.1) is 22.7 Å². The van der Waals surface area contributed by atoms with E-state index in [1.807, 2.05) is 6.08 Å². The number of aldehydes is 1. The number of hydrogen-bond donors (Lipinski definition) is 0.